The quantitative estimate of drug-likeness (QED) is 0.475. The monoisotopic (exact) mass is 174 g/mol. The van der Waals surface area contributed by atoms with E-state index in [-0.39, 0.29) is 11.6 Å². The van der Waals surface area contributed by atoms with Crippen LogP contribution in [0.15, 0.2) is 0 Å². The molecule has 0 saturated carbocycles. The molecule has 12 heavy (non-hydrogen) atoms. The van der Waals surface area contributed by atoms with Gasteiger partial charge in [0, 0.05) is 20.8 Å². The van der Waals surface area contributed by atoms with Gasteiger partial charge in [-0.05, 0) is 20.8 Å². The lowest BCUT2D eigenvalue weighted by atomic mass is 10.2. The highest BCUT2D eigenvalue weighted by Crippen LogP contribution is 2.20. The molecule has 0 aliphatic heterocycles. The number of carbonyl (C=O) groups is 1. The van der Waals surface area contributed by atoms with Gasteiger partial charge in [0.2, 0.25) is 5.79 Å². The highest BCUT2D eigenvalue weighted by atomic mass is 16.7. The molecule has 0 spiro atoms. The predicted molar refractivity (Wildman–Crippen MR) is 46.7 cm³/mol. The molecule has 0 atom stereocenters. The van der Waals surface area contributed by atoms with Crippen LogP contribution >= 0.6 is 0 Å². The number of hydrogen-bond donors (Lipinski definition) is 0. The second-order valence-corrected chi connectivity index (χ2v) is 4.21. The van der Waals surface area contributed by atoms with Gasteiger partial charge in [0.1, 0.15) is 0 Å². The van der Waals surface area contributed by atoms with Crippen molar-refractivity contribution >= 4 is 5.97 Å². The molecule has 0 aromatic heterocycles. The maximum absolute atomic E-state index is 10.6. The van der Waals surface area contributed by atoms with Crippen molar-refractivity contribution in [1.82, 2.24) is 0 Å². The molecule has 0 unspecified atom stereocenters. The van der Waals surface area contributed by atoms with Gasteiger partial charge in [0.15, 0.2) is 0 Å². The van der Waals surface area contributed by atoms with E-state index in [0.29, 0.717) is 0 Å². The van der Waals surface area contributed by atoms with Crippen LogP contribution in [0, 0.1) is 0 Å². The smallest absolute Gasteiger partial charge is 0.305 e. The summed E-state index contributed by atoms with van der Waals surface area (Å²) in [7, 11) is 0. The second kappa shape index (κ2) is 3.44. The summed E-state index contributed by atoms with van der Waals surface area (Å²) in [6, 6.07) is 0. The second-order valence-electron chi connectivity index (χ2n) is 4.21. The molecule has 3 nitrogen and oxygen atoms in total. The summed E-state index contributed by atoms with van der Waals surface area (Å²) in [4.78, 5) is 10.6. The molecule has 0 aliphatic carbocycles. The molecular weight excluding hydrogens is 156 g/mol. The molecule has 0 saturated heterocycles. The summed E-state index contributed by atoms with van der Waals surface area (Å²) in [6.07, 6.45) is 0. The zero-order chi connectivity index (χ0) is 9.99. The molecule has 0 rings (SSSR count). The molecule has 0 heterocycles. The van der Waals surface area contributed by atoms with E-state index in [1.165, 1.54) is 6.92 Å². The average Bonchev–Trinajstić information content (AvgIpc) is 1.48. The van der Waals surface area contributed by atoms with Crippen LogP contribution in [0.5, 0.6) is 0 Å². The van der Waals surface area contributed by atoms with Crippen LogP contribution in [-0.4, -0.2) is 17.4 Å². The van der Waals surface area contributed by atoms with Crippen molar-refractivity contribution in [1.29, 1.82) is 0 Å². The Morgan fingerprint density at radius 1 is 1.08 bits per heavy atom. The molecular formula is C9H18O3. The summed E-state index contributed by atoms with van der Waals surface area (Å²) in [5.41, 5.74) is -0.307. The normalized spacial score (nSPS) is 12.8. The number of carbonyl (C=O) groups excluding carboxylic acids is 1. The fourth-order valence-electron chi connectivity index (χ4n) is 1.10. The van der Waals surface area contributed by atoms with Gasteiger partial charge >= 0.3 is 5.97 Å². The predicted octanol–water partition coefficient (Wildman–Crippen LogP) is 2.10. The molecule has 0 bridgehead atoms. The third kappa shape index (κ3) is 6.16. The maximum atomic E-state index is 10.6. The van der Waals surface area contributed by atoms with Gasteiger partial charge in [0.05, 0.1) is 5.60 Å². The molecule has 0 radical (unpaired) electrons. The lowest BCUT2D eigenvalue weighted by molar-refractivity contribution is -0.247. The molecule has 72 valence electrons. The van der Waals surface area contributed by atoms with Crippen LogP contribution in [0.4, 0.5) is 0 Å². The van der Waals surface area contributed by atoms with E-state index in [4.69, 9.17) is 9.47 Å². The van der Waals surface area contributed by atoms with E-state index in [2.05, 4.69) is 0 Å². The van der Waals surface area contributed by atoms with Gasteiger partial charge < -0.3 is 9.47 Å². The average molecular weight is 174 g/mol. The van der Waals surface area contributed by atoms with Crippen LogP contribution in [0.1, 0.15) is 41.5 Å². The zero-order valence-electron chi connectivity index (χ0n) is 8.72. The zero-order valence-corrected chi connectivity index (χ0v) is 8.72. The third-order valence-corrected chi connectivity index (χ3v) is 0.941. The van der Waals surface area contributed by atoms with E-state index in [1.807, 2.05) is 20.8 Å². The minimum atomic E-state index is -0.843. The van der Waals surface area contributed by atoms with Crippen LogP contribution in [0.25, 0.3) is 0 Å². The molecule has 0 aromatic carbocycles. The van der Waals surface area contributed by atoms with Crippen molar-refractivity contribution in [2.45, 2.75) is 52.9 Å². The lowest BCUT2D eigenvalue weighted by Crippen LogP contribution is -2.38. The van der Waals surface area contributed by atoms with E-state index in [0.717, 1.165) is 0 Å². The van der Waals surface area contributed by atoms with Crippen LogP contribution < -0.4 is 0 Å². The van der Waals surface area contributed by atoms with Crippen molar-refractivity contribution < 1.29 is 14.3 Å². The number of esters is 1. The standard InChI is InChI=1S/C9H18O3/c1-7(10)11-9(5,6)12-8(2,3)4/h1-6H3. The summed E-state index contributed by atoms with van der Waals surface area (Å²) < 4.78 is 10.4. The number of hydrogen-bond acceptors (Lipinski definition) is 3. The number of rotatable bonds is 2. The Balaban J connectivity index is 4.13. The highest BCUT2D eigenvalue weighted by Gasteiger charge is 2.28. The van der Waals surface area contributed by atoms with Crippen molar-refractivity contribution in [3.05, 3.63) is 0 Å². The summed E-state index contributed by atoms with van der Waals surface area (Å²) >= 11 is 0. The topological polar surface area (TPSA) is 35.5 Å². The van der Waals surface area contributed by atoms with E-state index in [1.54, 1.807) is 13.8 Å². The lowest BCUT2D eigenvalue weighted by Gasteiger charge is -2.32. The van der Waals surface area contributed by atoms with E-state index in [9.17, 15) is 4.79 Å². The molecule has 0 N–H and O–H groups in total. The first-order valence-corrected chi connectivity index (χ1v) is 4.02. The van der Waals surface area contributed by atoms with Crippen LogP contribution in [0.2, 0.25) is 0 Å². The Bertz CT molecular complexity index is 165. The van der Waals surface area contributed by atoms with Gasteiger partial charge in [-0.1, -0.05) is 0 Å². The summed E-state index contributed by atoms with van der Waals surface area (Å²) in [5, 5.41) is 0. The van der Waals surface area contributed by atoms with E-state index >= 15 is 0 Å². The SMILES string of the molecule is CC(=O)OC(C)(C)OC(C)(C)C. The Hall–Kier alpha value is -0.570. The first kappa shape index (κ1) is 11.4. The Morgan fingerprint density at radius 2 is 1.50 bits per heavy atom. The largest absolute Gasteiger partial charge is 0.434 e. The van der Waals surface area contributed by atoms with Gasteiger partial charge in [-0.15, -0.1) is 0 Å². The van der Waals surface area contributed by atoms with Gasteiger partial charge in [-0.2, -0.15) is 0 Å². The van der Waals surface area contributed by atoms with Crippen molar-refractivity contribution in [3.63, 3.8) is 0 Å². The number of ether oxygens (including phenoxy) is 2. The van der Waals surface area contributed by atoms with Gasteiger partial charge in [0.25, 0.3) is 0 Å². The summed E-state index contributed by atoms with van der Waals surface area (Å²) in [5.74, 6) is -1.17. The highest BCUT2D eigenvalue weighted by molar-refractivity contribution is 5.66. The Kier molecular flexibility index (Phi) is 3.27. The Labute approximate surface area is 74.0 Å². The molecule has 0 amide bonds. The first-order chi connectivity index (χ1) is 5.12. The van der Waals surface area contributed by atoms with Crippen LogP contribution in [-0.2, 0) is 14.3 Å². The van der Waals surface area contributed by atoms with Gasteiger partial charge in [-0.25, -0.2) is 0 Å². The van der Waals surface area contributed by atoms with Crippen LogP contribution in [0.3, 0.4) is 0 Å². The fourth-order valence-corrected chi connectivity index (χ4v) is 1.10. The molecule has 3 heteroatoms. The molecule has 0 fully saturated rings. The first-order valence-electron chi connectivity index (χ1n) is 4.02. The maximum Gasteiger partial charge on any atom is 0.305 e. The minimum absolute atomic E-state index is 0.307. The van der Waals surface area contributed by atoms with Crippen molar-refractivity contribution in [2.24, 2.45) is 0 Å². The van der Waals surface area contributed by atoms with E-state index < -0.39 is 5.79 Å². The third-order valence-electron chi connectivity index (χ3n) is 0.941. The summed E-state index contributed by atoms with van der Waals surface area (Å²) in [6.45, 7) is 10.6. The Morgan fingerprint density at radius 3 is 1.75 bits per heavy atom. The fraction of sp³-hybridized carbons (Fsp3) is 0.889. The molecule has 0 aliphatic rings. The van der Waals surface area contributed by atoms with Crippen molar-refractivity contribution in [3.8, 4) is 0 Å². The van der Waals surface area contributed by atoms with Gasteiger partial charge in [-0.3, -0.25) is 4.79 Å². The molecule has 0 aromatic rings. The minimum Gasteiger partial charge on any atom is -0.434 e. The van der Waals surface area contributed by atoms with Crippen molar-refractivity contribution in [2.75, 3.05) is 0 Å².